The first-order chi connectivity index (χ1) is 8.56. The lowest BCUT2D eigenvalue weighted by molar-refractivity contribution is -0.136. The molecule has 0 saturated carbocycles. The molecule has 94 valence electrons. The van der Waals surface area contributed by atoms with Gasteiger partial charge in [0.05, 0.1) is 22.7 Å². The van der Waals surface area contributed by atoms with Gasteiger partial charge in [-0.25, -0.2) is 4.98 Å². The lowest BCUT2D eigenvalue weighted by Gasteiger charge is -2.07. The predicted molar refractivity (Wildman–Crippen MR) is 69.3 cm³/mol. The Labute approximate surface area is 110 Å². The molecule has 2 rings (SSSR count). The first-order valence-corrected chi connectivity index (χ1v) is 5.95. The third kappa shape index (κ3) is 2.90. The standard InChI is InChI=1S/C13H13ClN2O2/c1-9-7-16(8-15-9)12-6-10(2-4-11(12)14)3-5-13(17)18/h2,4,6-8H,3,5H2,1H3,(H,17,18). The van der Waals surface area contributed by atoms with Crippen molar-refractivity contribution >= 4 is 17.6 Å². The topological polar surface area (TPSA) is 55.1 Å². The Kier molecular flexibility index (Phi) is 3.67. The zero-order valence-electron chi connectivity index (χ0n) is 9.93. The number of carboxylic acids is 1. The normalized spacial score (nSPS) is 10.6. The number of aliphatic carboxylic acids is 1. The Morgan fingerprint density at radius 1 is 1.50 bits per heavy atom. The van der Waals surface area contributed by atoms with E-state index in [1.807, 2.05) is 29.8 Å². The van der Waals surface area contributed by atoms with Crippen LogP contribution < -0.4 is 0 Å². The van der Waals surface area contributed by atoms with Gasteiger partial charge in [-0.2, -0.15) is 0 Å². The van der Waals surface area contributed by atoms with Crippen molar-refractivity contribution in [2.75, 3.05) is 0 Å². The maximum absolute atomic E-state index is 10.6. The van der Waals surface area contributed by atoms with E-state index in [4.69, 9.17) is 16.7 Å². The fourth-order valence-electron chi connectivity index (χ4n) is 1.72. The van der Waals surface area contributed by atoms with Gasteiger partial charge in [0, 0.05) is 12.6 Å². The molecule has 0 bridgehead atoms. The summed E-state index contributed by atoms with van der Waals surface area (Å²) in [6.45, 7) is 1.90. The Morgan fingerprint density at radius 2 is 2.28 bits per heavy atom. The summed E-state index contributed by atoms with van der Waals surface area (Å²) in [5.41, 5.74) is 2.67. The minimum atomic E-state index is -0.801. The smallest absolute Gasteiger partial charge is 0.303 e. The summed E-state index contributed by atoms with van der Waals surface area (Å²) in [5, 5.41) is 9.29. The number of hydrogen-bond donors (Lipinski definition) is 1. The van der Waals surface area contributed by atoms with E-state index in [0.29, 0.717) is 11.4 Å². The highest BCUT2D eigenvalue weighted by molar-refractivity contribution is 6.32. The number of imidazole rings is 1. The Balaban J connectivity index is 2.29. The van der Waals surface area contributed by atoms with Crippen LogP contribution in [0.3, 0.4) is 0 Å². The first-order valence-electron chi connectivity index (χ1n) is 5.57. The van der Waals surface area contributed by atoms with Crippen LogP contribution in [0.25, 0.3) is 5.69 Å². The van der Waals surface area contributed by atoms with Crippen LogP contribution in [0.1, 0.15) is 17.7 Å². The molecule has 0 aliphatic carbocycles. The van der Waals surface area contributed by atoms with Gasteiger partial charge in [-0.15, -0.1) is 0 Å². The highest BCUT2D eigenvalue weighted by Crippen LogP contribution is 2.22. The maximum atomic E-state index is 10.6. The number of aromatic nitrogens is 2. The molecule has 1 heterocycles. The van der Waals surface area contributed by atoms with Crippen molar-refractivity contribution in [3.05, 3.63) is 47.0 Å². The number of carboxylic acid groups (broad SMARTS) is 1. The fraction of sp³-hybridized carbons (Fsp3) is 0.231. The number of hydrogen-bond acceptors (Lipinski definition) is 2. The van der Waals surface area contributed by atoms with Gasteiger partial charge < -0.3 is 9.67 Å². The number of nitrogens with zero attached hydrogens (tertiary/aromatic N) is 2. The fourth-order valence-corrected chi connectivity index (χ4v) is 1.93. The van der Waals surface area contributed by atoms with Crippen LogP contribution in [0.4, 0.5) is 0 Å². The van der Waals surface area contributed by atoms with E-state index in [2.05, 4.69) is 4.98 Å². The summed E-state index contributed by atoms with van der Waals surface area (Å²) in [6, 6.07) is 5.52. The number of benzene rings is 1. The SMILES string of the molecule is Cc1cn(-c2cc(CCC(=O)O)ccc2Cl)cn1. The van der Waals surface area contributed by atoms with Gasteiger partial charge in [0.2, 0.25) is 0 Å². The molecule has 0 aliphatic rings. The molecule has 2 aromatic rings. The minimum absolute atomic E-state index is 0.115. The summed E-state index contributed by atoms with van der Waals surface area (Å²) in [6.07, 6.45) is 4.18. The molecule has 18 heavy (non-hydrogen) atoms. The van der Waals surface area contributed by atoms with Gasteiger partial charge in [-0.1, -0.05) is 17.7 Å². The van der Waals surface area contributed by atoms with Gasteiger partial charge in [0.1, 0.15) is 0 Å². The molecule has 0 spiro atoms. The molecule has 1 aromatic carbocycles. The van der Waals surface area contributed by atoms with Crippen LogP contribution in [0.15, 0.2) is 30.7 Å². The van der Waals surface area contributed by atoms with Crippen molar-refractivity contribution in [2.24, 2.45) is 0 Å². The van der Waals surface area contributed by atoms with E-state index in [0.717, 1.165) is 16.9 Å². The Hall–Kier alpha value is -1.81. The maximum Gasteiger partial charge on any atom is 0.303 e. The summed E-state index contributed by atoms with van der Waals surface area (Å²) in [7, 11) is 0. The molecule has 0 atom stereocenters. The molecule has 5 heteroatoms. The van der Waals surface area contributed by atoms with E-state index < -0.39 is 5.97 Å². The molecule has 0 radical (unpaired) electrons. The summed E-state index contributed by atoms with van der Waals surface area (Å²) in [5.74, 6) is -0.801. The Morgan fingerprint density at radius 3 is 2.89 bits per heavy atom. The van der Waals surface area contributed by atoms with Crippen molar-refractivity contribution in [1.29, 1.82) is 0 Å². The van der Waals surface area contributed by atoms with Gasteiger partial charge in [-0.05, 0) is 31.0 Å². The summed E-state index contributed by atoms with van der Waals surface area (Å²) < 4.78 is 1.84. The van der Waals surface area contributed by atoms with Crippen LogP contribution in [-0.2, 0) is 11.2 Å². The first kappa shape index (κ1) is 12.6. The number of halogens is 1. The third-order valence-electron chi connectivity index (χ3n) is 2.63. The molecule has 0 unspecified atom stereocenters. The third-order valence-corrected chi connectivity index (χ3v) is 2.95. The van der Waals surface area contributed by atoms with Crippen LogP contribution in [0.2, 0.25) is 5.02 Å². The van der Waals surface area contributed by atoms with Gasteiger partial charge in [0.25, 0.3) is 0 Å². The molecule has 1 aromatic heterocycles. The largest absolute Gasteiger partial charge is 0.481 e. The predicted octanol–water partition coefficient (Wildman–Crippen LogP) is 2.85. The zero-order chi connectivity index (χ0) is 13.1. The van der Waals surface area contributed by atoms with Crippen LogP contribution >= 0.6 is 11.6 Å². The highest BCUT2D eigenvalue weighted by Gasteiger charge is 2.06. The van der Waals surface area contributed by atoms with Crippen molar-refractivity contribution < 1.29 is 9.90 Å². The van der Waals surface area contributed by atoms with Crippen LogP contribution in [0.5, 0.6) is 0 Å². The van der Waals surface area contributed by atoms with Crippen molar-refractivity contribution in [2.45, 2.75) is 19.8 Å². The van der Waals surface area contributed by atoms with E-state index in [1.165, 1.54) is 0 Å². The van der Waals surface area contributed by atoms with E-state index >= 15 is 0 Å². The lowest BCUT2D eigenvalue weighted by Crippen LogP contribution is -1.99. The number of carbonyl (C=O) groups is 1. The molecular weight excluding hydrogens is 252 g/mol. The van der Waals surface area contributed by atoms with Gasteiger partial charge >= 0.3 is 5.97 Å². The van der Waals surface area contributed by atoms with Crippen molar-refractivity contribution in [3.8, 4) is 5.69 Å². The molecular formula is C13H13ClN2O2. The summed E-state index contributed by atoms with van der Waals surface area (Å²) >= 11 is 6.14. The van der Waals surface area contributed by atoms with E-state index in [1.54, 1.807) is 12.4 Å². The van der Waals surface area contributed by atoms with Crippen LogP contribution in [0, 0.1) is 6.92 Å². The van der Waals surface area contributed by atoms with Gasteiger partial charge in [0.15, 0.2) is 0 Å². The Bertz CT molecular complexity index is 578. The molecule has 0 fully saturated rings. The van der Waals surface area contributed by atoms with Crippen LogP contribution in [-0.4, -0.2) is 20.6 Å². The molecule has 0 aliphatic heterocycles. The second kappa shape index (κ2) is 5.23. The molecule has 0 saturated heterocycles. The monoisotopic (exact) mass is 264 g/mol. The molecule has 0 amide bonds. The summed E-state index contributed by atoms with van der Waals surface area (Å²) in [4.78, 5) is 14.7. The highest BCUT2D eigenvalue weighted by atomic mass is 35.5. The number of aryl methyl sites for hydroxylation is 2. The average Bonchev–Trinajstić information content (AvgIpc) is 2.74. The second-order valence-corrected chi connectivity index (χ2v) is 4.51. The lowest BCUT2D eigenvalue weighted by atomic mass is 10.1. The van der Waals surface area contributed by atoms with Crippen molar-refractivity contribution in [3.63, 3.8) is 0 Å². The second-order valence-electron chi connectivity index (χ2n) is 4.10. The average molecular weight is 265 g/mol. The minimum Gasteiger partial charge on any atom is -0.481 e. The van der Waals surface area contributed by atoms with E-state index in [-0.39, 0.29) is 6.42 Å². The number of rotatable bonds is 4. The molecule has 4 nitrogen and oxygen atoms in total. The molecule has 1 N–H and O–H groups in total. The zero-order valence-corrected chi connectivity index (χ0v) is 10.7. The quantitative estimate of drug-likeness (QED) is 0.924. The van der Waals surface area contributed by atoms with Gasteiger partial charge in [-0.3, -0.25) is 4.79 Å². The van der Waals surface area contributed by atoms with Crippen molar-refractivity contribution in [1.82, 2.24) is 9.55 Å². The van der Waals surface area contributed by atoms with E-state index in [9.17, 15) is 4.79 Å².